The highest BCUT2D eigenvalue weighted by Gasteiger charge is 2.47. The Bertz CT molecular complexity index is 459. The van der Waals surface area contributed by atoms with Gasteiger partial charge in [0.1, 0.15) is 0 Å². The van der Waals surface area contributed by atoms with Gasteiger partial charge in [-0.1, -0.05) is 30.7 Å². The number of aliphatic carboxylic acids is 1. The van der Waals surface area contributed by atoms with Crippen LogP contribution >= 0.6 is 0 Å². The summed E-state index contributed by atoms with van der Waals surface area (Å²) in [5, 5.41) is 9.37. The molecule has 0 aromatic heterocycles. The molecule has 0 heterocycles. The quantitative estimate of drug-likeness (QED) is 0.894. The number of alkyl halides is 2. The smallest absolute Gasteiger partial charge is 0.314 e. The van der Waals surface area contributed by atoms with E-state index in [0.717, 1.165) is 13.3 Å². The van der Waals surface area contributed by atoms with E-state index in [-0.39, 0.29) is 0 Å². The van der Waals surface area contributed by atoms with Gasteiger partial charge in [0, 0.05) is 6.42 Å². The Morgan fingerprint density at radius 2 is 2.00 bits per heavy atom. The first-order valence-electron chi connectivity index (χ1n) is 6.05. The number of halogens is 2. The molecule has 1 saturated carbocycles. The fourth-order valence-corrected chi connectivity index (χ4v) is 2.60. The van der Waals surface area contributed by atoms with Gasteiger partial charge in [-0.05, 0) is 30.9 Å². The highest BCUT2D eigenvalue weighted by Crippen LogP contribution is 2.45. The second-order valence-electron chi connectivity index (χ2n) is 5.14. The molecule has 1 aromatic rings. The van der Waals surface area contributed by atoms with Crippen LogP contribution in [0.1, 0.15) is 37.3 Å². The number of carbonyl (C=O) groups is 1. The molecule has 2 rings (SSSR count). The van der Waals surface area contributed by atoms with Crippen molar-refractivity contribution in [3.63, 3.8) is 0 Å². The maximum absolute atomic E-state index is 13.2. The first-order valence-corrected chi connectivity index (χ1v) is 6.05. The van der Waals surface area contributed by atoms with Gasteiger partial charge in [0.05, 0.1) is 5.41 Å². The Morgan fingerprint density at radius 3 is 2.44 bits per heavy atom. The van der Waals surface area contributed by atoms with Gasteiger partial charge < -0.3 is 5.11 Å². The number of benzene rings is 1. The molecule has 0 amide bonds. The highest BCUT2D eigenvalue weighted by atomic mass is 19.3. The lowest BCUT2D eigenvalue weighted by Crippen LogP contribution is -2.43. The zero-order valence-corrected chi connectivity index (χ0v) is 10.2. The zero-order valence-electron chi connectivity index (χ0n) is 10.2. The van der Waals surface area contributed by atoms with Crippen molar-refractivity contribution in [3.05, 3.63) is 35.4 Å². The summed E-state index contributed by atoms with van der Waals surface area (Å²) in [5.41, 5.74) is 0.0688. The molecule has 98 valence electrons. The average molecular weight is 254 g/mol. The number of rotatable bonds is 4. The molecule has 1 aliphatic carbocycles. The molecule has 0 radical (unpaired) electrons. The highest BCUT2D eigenvalue weighted by molar-refractivity contribution is 5.83. The maximum atomic E-state index is 13.2. The summed E-state index contributed by atoms with van der Waals surface area (Å²) in [7, 11) is 0. The first kappa shape index (κ1) is 13.0. The van der Waals surface area contributed by atoms with E-state index in [1.807, 2.05) is 0 Å². The van der Waals surface area contributed by atoms with Gasteiger partial charge >= 0.3 is 5.97 Å². The van der Waals surface area contributed by atoms with E-state index < -0.39 is 23.7 Å². The monoisotopic (exact) mass is 254 g/mol. The van der Waals surface area contributed by atoms with E-state index in [9.17, 15) is 18.7 Å². The van der Waals surface area contributed by atoms with Gasteiger partial charge in [-0.2, -0.15) is 0 Å². The van der Waals surface area contributed by atoms with Gasteiger partial charge in [-0.15, -0.1) is 0 Å². The molecule has 0 bridgehead atoms. The number of hydrogen-bond donors (Lipinski definition) is 1. The Labute approximate surface area is 105 Å². The fraction of sp³-hybridized carbons (Fsp3) is 0.500. The Hall–Kier alpha value is -1.45. The van der Waals surface area contributed by atoms with E-state index >= 15 is 0 Å². The van der Waals surface area contributed by atoms with E-state index in [0.29, 0.717) is 24.0 Å². The largest absolute Gasteiger partial charge is 0.481 e. The van der Waals surface area contributed by atoms with Crippen molar-refractivity contribution >= 4 is 5.97 Å². The van der Waals surface area contributed by atoms with Gasteiger partial charge in [-0.25, -0.2) is 8.78 Å². The van der Waals surface area contributed by atoms with Crippen LogP contribution in [-0.2, 0) is 16.6 Å². The van der Waals surface area contributed by atoms with Crippen LogP contribution < -0.4 is 0 Å². The van der Waals surface area contributed by atoms with Crippen LogP contribution in [0.2, 0.25) is 0 Å². The molecule has 0 saturated heterocycles. The zero-order chi connectivity index (χ0) is 13.4. The van der Waals surface area contributed by atoms with E-state index in [4.69, 9.17) is 0 Å². The van der Waals surface area contributed by atoms with Crippen LogP contribution in [-0.4, -0.2) is 17.0 Å². The van der Waals surface area contributed by atoms with Crippen LogP contribution in [0.15, 0.2) is 24.3 Å². The molecular weight excluding hydrogens is 238 g/mol. The Kier molecular flexibility index (Phi) is 3.13. The van der Waals surface area contributed by atoms with Crippen molar-refractivity contribution in [2.75, 3.05) is 0 Å². The summed E-state index contributed by atoms with van der Waals surface area (Å²) in [6.45, 7) is 0.859. The van der Waals surface area contributed by atoms with Gasteiger partial charge in [0.25, 0.3) is 0 Å². The molecule has 1 aliphatic rings. The lowest BCUT2D eigenvalue weighted by Gasteiger charge is -2.39. The minimum atomic E-state index is -2.82. The summed E-state index contributed by atoms with van der Waals surface area (Å²) in [4.78, 5) is 11.4. The Balaban J connectivity index is 2.41. The minimum absolute atomic E-state index is 0.405. The molecule has 18 heavy (non-hydrogen) atoms. The summed E-state index contributed by atoms with van der Waals surface area (Å²) < 4.78 is 26.3. The Morgan fingerprint density at radius 1 is 1.39 bits per heavy atom. The molecule has 4 heteroatoms. The number of hydrogen-bond acceptors (Lipinski definition) is 1. The molecule has 2 nitrogen and oxygen atoms in total. The molecule has 0 aliphatic heterocycles. The van der Waals surface area contributed by atoms with Gasteiger partial charge in [-0.3, -0.25) is 4.79 Å². The summed E-state index contributed by atoms with van der Waals surface area (Å²) >= 11 is 0. The third-order valence-corrected chi connectivity index (χ3v) is 3.65. The van der Waals surface area contributed by atoms with E-state index in [1.54, 1.807) is 24.3 Å². The summed E-state index contributed by atoms with van der Waals surface area (Å²) in [6, 6.07) is 6.68. The summed E-state index contributed by atoms with van der Waals surface area (Å²) in [5.74, 6) is -3.72. The topological polar surface area (TPSA) is 37.3 Å². The summed E-state index contributed by atoms with van der Waals surface area (Å²) in [6.07, 6.45) is 1.50. The molecule has 1 N–H and O–H groups in total. The minimum Gasteiger partial charge on any atom is -0.481 e. The van der Waals surface area contributed by atoms with Crippen LogP contribution in [0.5, 0.6) is 0 Å². The lowest BCUT2D eigenvalue weighted by molar-refractivity contribution is -0.147. The SMILES string of the molecule is CC(F)(F)Cc1ccccc1C1(C(=O)O)CCC1. The fourth-order valence-electron chi connectivity index (χ4n) is 2.60. The first-order chi connectivity index (χ1) is 8.35. The van der Waals surface area contributed by atoms with Crippen molar-refractivity contribution in [2.45, 2.75) is 43.9 Å². The third kappa shape index (κ3) is 2.24. The standard InChI is InChI=1S/C14H16F2O2/c1-13(15,16)9-10-5-2-3-6-11(10)14(12(17)18)7-4-8-14/h2-3,5-6H,4,7-9H2,1H3,(H,17,18). The second kappa shape index (κ2) is 4.34. The van der Waals surface area contributed by atoms with Gasteiger partial charge in [0.15, 0.2) is 0 Å². The van der Waals surface area contributed by atoms with Crippen LogP contribution in [0.4, 0.5) is 8.78 Å². The predicted molar refractivity (Wildman–Crippen MR) is 63.9 cm³/mol. The second-order valence-corrected chi connectivity index (χ2v) is 5.14. The van der Waals surface area contributed by atoms with Crippen molar-refractivity contribution < 1.29 is 18.7 Å². The molecular formula is C14H16F2O2. The van der Waals surface area contributed by atoms with Crippen molar-refractivity contribution in [3.8, 4) is 0 Å². The van der Waals surface area contributed by atoms with Crippen molar-refractivity contribution in [2.24, 2.45) is 0 Å². The number of carboxylic acid groups (broad SMARTS) is 1. The van der Waals surface area contributed by atoms with Crippen molar-refractivity contribution in [1.82, 2.24) is 0 Å². The molecule has 0 unspecified atom stereocenters. The van der Waals surface area contributed by atoms with Gasteiger partial charge in [0.2, 0.25) is 5.92 Å². The average Bonchev–Trinajstić information content (AvgIpc) is 2.15. The van der Waals surface area contributed by atoms with Crippen LogP contribution in [0.3, 0.4) is 0 Å². The predicted octanol–water partition coefficient (Wildman–Crippen LogP) is 3.39. The van der Waals surface area contributed by atoms with E-state index in [2.05, 4.69) is 0 Å². The van der Waals surface area contributed by atoms with Crippen LogP contribution in [0.25, 0.3) is 0 Å². The molecule has 1 fully saturated rings. The van der Waals surface area contributed by atoms with E-state index in [1.165, 1.54) is 0 Å². The maximum Gasteiger partial charge on any atom is 0.314 e. The van der Waals surface area contributed by atoms with Crippen LogP contribution in [0, 0.1) is 0 Å². The molecule has 1 aromatic carbocycles. The third-order valence-electron chi connectivity index (χ3n) is 3.65. The lowest BCUT2D eigenvalue weighted by atomic mass is 9.63. The molecule has 0 atom stereocenters. The van der Waals surface area contributed by atoms with Crippen molar-refractivity contribution in [1.29, 1.82) is 0 Å². The number of carboxylic acids is 1. The normalized spacial score (nSPS) is 18.2. The molecule has 0 spiro atoms.